The van der Waals surface area contributed by atoms with Crippen LogP contribution in [0.1, 0.15) is 46.0 Å². The van der Waals surface area contributed by atoms with Gasteiger partial charge < -0.3 is 15.3 Å². The maximum absolute atomic E-state index is 12.4. The first-order chi connectivity index (χ1) is 9.49. The second kappa shape index (κ2) is 7.62. The predicted octanol–water partition coefficient (Wildman–Crippen LogP) is 1.73. The van der Waals surface area contributed by atoms with E-state index < -0.39 is 11.4 Å². The lowest BCUT2D eigenvalue weighted by Gasteiger charge is -2.35. The van der Waals surface area contributed by atoms with E-state index in [1.54, 1.807) is 0 Å². The lowest BCUT2D eigenvalue weighted by molar-refractivity contribution is -0.154. The fourth-order valence-electron chi connectivity index (χ4n) is 3.03. The zero-order chi connectivity index (χ0) is 15.2. The first-order valence-electron chi connectivity index (χ1n) is 7.64. The Bertz CT molecular complexity index is 338. The summed E-state index contributed by atoms with van der Waals surface area (Å²) in [5.41, 5.74) is -0.896. The van der Waals surface area contributed by atoms with Gasteiger partial charge in [0.1, 0.15) is 0 Å². The van der Waals surface area contributed by atoms with Gasteiger partial charge in [-0.25, -0.2) is 0 Å². The Hall–Kier alpha value is -1.10. The summed E-state index contributed by atoms with van der Waals surface area (Å²) in [5, 5.41) is 12.6. The van der Waals surface area contributed by atoms with E-state index in [0.29, 0.717) is 18.8 Å². The standard InChI is InChI=1S/C15H28N2O3/c1-4-15(5-2,14(19)20)9-13(18)17-8-6-7-12(11-17)10-16-3/h12,16H,4-11H2,1-3H3,(H,19,20). The lowest BCUT2D eigenvalue weighted by Crippen LogP contribution is -2.45. The molecule has 1 rings (SSSR count). The number of hydrogen-bond acceptors (Lipinski definition) is 3. The van der Waals surface area contributed by atoms with E-state index in [1.807, 2.05) is 25.8 Å². The van der Waals surface area contributed by atoms with Crippen LogP contribution in [-0.2, 0) is 9.59 Å². The SMILES string of the molecule is CCC(CC)(CC(=O)N1CCCC(CNC)C1)C(=O)O. The molecule has 0 aromatic heterocycles. The summed E-state index contributed by atoms with van der Waals surface area (Å²) >= 11 is 0. The van der Waals surface area contributed by atoms with Crippen molar-refractivity contribution in [2.75, 3.05) is 26.7 Å². The second-order valence-electron chi connectivity index (χ2n) is 5.88. The Morgan fingerprint density at radius 3 is 2.50 bits per heavy atom. The van der Waals surface area contributed by atoms with Gasteiger partial charge in [-0.2, -0.15) is 0 Å². The number of carbonyl (C=O) groups is 2. The summed E-state index contributed by atoms with van der Waals surface area (Å²) in [4.78, 5) is 25.8. The smallest absolute Gasteiger partial charge is 0.310 e. The van der Waals surface area contributed by atoms with Gasteiger partial charge in [-0.3, -0.25) is 9.59 Å². The molecule has 0 aliphatic carbocycles. The van der Waals surface area contributed by atoms with Gasteiger partial charge in [-0.1, -0.05) is 13.8 Å². The van der Waals surface area contributed by atoms with Crippen molar-refractivity contribution in [2.24, 2.45) is 11.3 Å². The number of piperidine rings is 1. The minimum atomic E-state index is -0.896. The first-order valence-corrected chi connectivity index (χ1v) is 7.64. The van der Waals surface area contributed by atoms with Crippen molar-refractivity contribution < 1.29 is 14.7 Å². The molecule has 20 heavy (non-hydrogen) atoms. The monoisotopic (exact) mass is 284 g/mol. The van der Waals surface area contributed by atoms with Gasteiger partial charge in [-0.15, -0.1) is 0 Å². The van der Waals surface area contributed by atoms with E-state index >= 15 is 0 Å². The van der Waals surface area contributed by atoms with Crippen LogP contribution in [0.5, 0.6) is 0 Å². The second-order valence-corrected chi connectivity index (χ2v) is 5.88. The highest BCUT2D eigenvalue weighted by atomic mass is 16.4. The van der Waals surface area contributed by atoms with Crippen LogP contribution >= 0.6 is 0 Å². The third-order valence-corrected chi connectivity index (χ3v) is 4.66. The fourth-order valence-corrected chi connectivity index (χ4v) is 3.03. The minimum Gasteiger partial charge on any atom is -0.481 e. The van der Waals surface area contributed by atoms with Crippen molar-refractivity contribution in [3.63, 3.8) is 0 Å². The number of aliphatic carboxylic acids is 1. The maximum atomic E-state index is 12.4. The number of rotatable bonds is 7. The van der Waals surface area contributed by atoms with Gasteiger partial charge in [0.2, 0.25) is 5.91 Å². The number of carboxylic acids is 1. The first kappa shape index (κ1) is 17.0. The molecule has 1 aliphatic rings. The minimum absolute atomic E-state index is 0.00287. The van der Waals surface area contributed by atoms with Gasteiger partial charge in [0, 0.05) is 19.5 Å². The van der Waals surface area contributed by atoms with Gasteiger partial charge in [0.15, 0.2) is 0 Å². The van der Waals surface area contributed by atoms with E-state index in [-0.39, 0.29) is 12.3 Å². The van der Waals surface area contributed by atoms with E-state index in [4.69, 9.17) is 0 Å². The van der Waals surface area contributed by atoms with Gasteiger partial charge in [0.05, 0.1) is 5.41 Å². The number of carbonyl (C=O) groups excluding carboxylic acids is 1. The van der Waals surface area contributed by atoms with Crippen molar-refractivity contribution >= 4 is 11.9 Å². The third-order valence-electron chi connectivity index (χ3n) is 4.66. The molecule has 1 atom stereocenters. The molecule has 1 amide bonds. The highest BCUT2D eigenvalue weighted by Crippen LogP contribution is 2.32. The largest absolute Gasteiger partial charge is 0.481 e. The number of amides is 1. The van der Waals surface area contributed by atoms with Crippen molar-refractivity contribution in [1.82, 2.24) is 10.2 Å². The van der Waals surface area contributed by atoms with Crippen LogP contribution in [0, 0.1) is 11.3 Å². The highest BCUT2D eigenvalue weighted by Gasteiger charge is 2.39. The molecule has 1 unspecified atom stereocenters. The molecule has 0 radical (unpaired) electrons. The molecule has 0 aromatic rings. The van der Waals surface area contributed by atoms with Crippen LogP contribution < -0.4 is 5.32 Å². The average Bonchev–Trinajstić information content (AvgIpc) is 2.45. The Morgan fingerprint density at radius 2 is 2.00 bits per heavy atom. The molecular weight excluding hydrogens is 256 g/mol. The predicted molar refractivity (Wildman–Crippen MR) is 78.5 cm³/mol. The molecule has 116 valence electrons. The van der Waals surface area contributed by atoms with Gasteiger partial charge >= 0.3 is 5.97 Å². The Kier molecular flexibility index (Phi) is 6.46. The molecule has 0 aromatic carbocycles. The number of carboxylic acid groups (broad SMARTS) is 1. The zero-order valence-corrected chi connectivity index (χ0v) is 12.9. The molecule has 1 saturated heterocycles. The third kappa shape index (κ3) is 3.95. The summed E-state index contributed by atoms with van der Waals surface area (Å²) < 4.78 is 0. The number of likely N-dealkylation sites (tertiary alicyclic amines) is 1. The highest BCUT2D eigenvalue weighted by molar-refractivity contribution is 5.85. The van der Waals surface area contributed by atoms with Crippen molar-refractivity contribution in [3.05, 3.63) is 0 Å². The van der Waals surface area contributed by atoms with Crippen LogP contribution in [0.2, 0.25) is 0 Å². The normalized spacial score (nSPS) is 19.9. The van der Waals surface area contributed by atoms with E-state index in [0.717, 1.165) is 32.5 Å². The molecular formula is C15H28N2O3. The summed E-state index contributed by atoms with van der Waals surface area (Å²) in [6.07, 6.45) is 3.27. The zero-order valence-electron chi connectivity index (χ0n) is 12.9. The Balaban J connectivity index is 2.67. The topological polar surface area (TPSA) is 69.6 Å². The van der Waals surface area contributed by atoms with E-state index in [1.165, 1.54) is 0 Å². The summed E-state index contributed by atoms with van der Waals surface area (Å²) in [5.74, 6) is -0.364. The van der Waals surface area contributed by atoms with Crippen LogP contribution in [-0.4, -0.2) is 48.6 Å². The van der Waals surface area contributed by atoms with Crippen LogP contribution in [0.25, 0.3) is 0 Å². The molecule has 0 bridgehead atoms. The van der Waals surface area contributed by atoms with Gasteiger partial charge in [0.25, 0.3) is 0 Å². The summed E-state index contributed by atoms with van der Waals surface area (Å²) in [6, 6.07) is 0. The summed E-state index contributed by atoms with van der Waals surface area (Å²) in [6.45, 7) is 6.14. The Morgan fingerprint density at radius 1 is 1.35 bits per heavy atom. The number of nitrogens with one attached hydrogen (secondary N) is 1. The average molecular weight is 284 g/mol. The summed E-state index contributed by atoms with van der Waals surface area (Å²) in [7, 11) is 1.92. The van der Waals surface area contributed by atoms with Crippen LogP contribution in [0.3, 0.4) is 0 Å². The molecule has 1 heterocycles. The van der Waals surface area contributed by atoms with Crippen LogP contribution in [0.15, 0.2) is 0 Å². The Labute approximate surface area is 121 Å². The van der Waals surface area contributed by atoms with Crippen molar-refractivity contribution in [2.45, 2.75) is 46.0 Å². The maximum Gasteiger partial charge on any atom is 0.310 e. The molecule has 2 N–H and O–H groups in total. The number of nitrogens with zero attached hydrogens (tertiary/aromatic N) is 1. The molecule has 0 spiro atoms. The van der Waals surface area contributed by atoms with E-state index in [2.05, 4.69) is 5.32 Å². The molecule has 1 fully saturated rings. The fraction of sp³-hybridized carbons (Fsp3) is 0.867. The number of hydrogen-bond donors (Lipinski definition) is 2. The molecule has 5 heteroatoms. The lowest BCUT2D eigenvalue weighted by atomic mass is 9.78. The van der Waals surface area contributed by atoms with E-state index in [9.17, 15) is 14.7 Å². The van der Waals surface area contributed by atoms with Crippen molar-refractivity contribution in [3.8, 4) is 0 Å². The van der Waals surface area contributed by atoms with Crippen LogP contribution in [0.4, 0.5) is 0 Å². The molecule has 1 aliphatic heterocycles. The molecule has 0 saturated carbocycles. The van der Waals surface area contributed by atoms with Gasteiger partial charge in [-0.05, 0) is 45.2 Å². The quantitative estimate of drug-likeness (QED) is 0.747. The van der Waals surface area contributed by atoms with Crippen molar-refractivity contribution in [1.29, 1.82) is 0 Å². The molecule has 5 nitrogen and oxygen atoms in total.